The zero-order chi connectivity index (χ0) is 12.2. The van der Waals surface area contributed by atoms with E-state index in [0.29, 0.717) is 10.4 Å². The zero-order valence-corrected chi connectivity index (χ0v) is 10.7. The van der Waals surface area contributed by atoms with Crippen LogP contribution in [0.3, 0.4) is 0 Å². The van der Waals surface area contributed by atoms with Gasteiger partial charge in [0.15, 0.2) is 4.67 Å². The van der Waals surface area contributed by atoms with Crippen LogP contribution in [0.2, 0.25) is 0 Å². The molecular weight excluding hydrogens is 274 g/mol. The molecule has 2 N–H and O–H groups in total. The molecule has 1 heterocycles. The highest BCUT2D eigenvalue weighted by molar-refractivity contribution is 9.10. The Balaban J connectivity index is 2.43. The molecule has 16 heavy (non-hydrogen) atoms. The molecule has 0 saturated carbocycles. The smallest absolute Gasteiger partial charge is 0.244 e. The molecule has 0 aliphatic heterocycles. The lowest BCUT2D eigenvalue weighted by Crippen LogP contribution is -2.37. The molecule has 0 atom stereocenters. The lowest BCUT2D eigenvalue weighted by Gasteiger charge is -2.16. The molecule has 4 nitrogen and oxygen atoms in total. The molecule has 0 fully saturated rings. The Morgan fingerprint density at radius 2 is 2.31 bits per heavy atom. The van der Waals surface area contributed by atoms with Gasteiger partial charge < -0.3 is 14.8 Å². The third-order valence-electron chi connectivity index (χ3n) is 1.69. The summed E-state index contributed by atoms with van der Waals surface area (Å²) in [6.07, 6.45) is 2.92. The summed E-state index contributed by atoms with van der Waals surface area (Å²) in [6.45, 7) is 3.46. The maximum absolute atomic E-state index is 11.3. The molecule has 88 valence electrons. The van der Waals surface area contributed by atoms with E-state index in [1.807, 2.05) is 0 Å². The van der Waals surface area contributed by atoms with E-state index in [1.165, 1.54) is 6.08 Å². The topological polar surface area (TPSA) is 62.5 Å². The van der Waals surface area contributed by atoms with Crippen LogP contribution in [0.15, 0.2) is 27.3 Å². The Bertz CT molecular complexity index is 390. The molecule has 0 spiro atoms. The highest BCUT2D eigenvalue weighted by Gasteiger charge is 2.12. The molecule has 0 aromatic carbocycles. The first-order chi connectivity index (χ1) is 7.37. The second-order valence-corrected chi connectivity index (χ2v) is 4.79. The minimum atomic E-state index is -0.906. The second-order valence-electron chi connectivity index (χ2n) is 4.01. The molecule has 0 saturated heterocycles. The van der Waals surface area contributed by atoms with E-state index in [1.54, 1.807) is 32.1 Å². The van der Waals surface area contributed by atoms with Crippen molar-refractivity contribution in [1.82, 2.24) is 5.32 Å². The van der Waals surface area contributed by atoms with E-state index in [2.05, 4.69) is 21.2 Å². The molecule has 1 aromatic rings. The number of halogens is 1. The third-order valence-corrected chi connectivity index (χ3v) is 2.11. The number of rotatable bonds is 4. The van der Waals surface area contributed by atoms with E-state index in [0.717, 1.165) is 0 Å². The van der Waals surface area contributed by atoms with Crippen molar-refractivity contribution in [3.8, 4) is 0 Å². The average Bonchev–Trinajstić information content (AvgIpc) is 2.57. The van der Waals surface area contributed by atoms with Gasteiger partial charge in [-0.25, -0.2) is 0 Å². The van der Waals surface area contributed by atoms with Crippen molar-refractivity contribution in [3.63, 3.8) is 0 Å². The minimum absolute atomic E-state index is 0.206. The third kappa shape index (κ3) is 5.14. The number of hydrogen-bond acceptors (Lipinski definition) is 3. The van der Waals surface area contributed by atoms with Gasteiger partial charge in [0, 0.05) is 12.6 Å². The highest BCUT2D eigenvalue weighted by Crippen LogP contribution is 2.14. The Labute approximate surface area is 102 Å². The number of furan rings is 1. The van der Waals surface area contributed by atoms with E-state index >= 15 is 0 Å². The van der Waals surface area contributed by atoms with Crippen LogP contribution in [0.25, 0.3) is 6.08 Å². The van der Waals surface area contributed by atoms with Crippen LogP contribution in [0, 0.1) is 0 Å². The van der Waals surface area contributed by atoms with Crippen molar-refractivity contribution in [2.45, 2.75) is 19.4 Å². The number of amides is 1. The van der Waals surface area contributed by atoms with Crippen molar-refractivity contribution >= 4 is 27.9 Å². The van der Waals surface area contributed by atoms with Crippen LogP contribution in [-0.2, 0) is 4.79 Å². The van der Waals surface area contributed by atoms with Gasteiger partial charge >= 0.3 is 0 Å². The summed E-state index contributed by atoms with van der Waals surface area (Å²) in [5.74, 6) is 0.319. The molecule has 0 aliphatic rings. The van der Waals surface area contributed by atoms with Crippen molar-refractivity contribution in [1.29, 1.82) is 0 Å². The Morgan fingerprint density at radius 1 is 1.62 bits per heavy atom. The number of carbonyl (C=O) groups is 1. The number of hydrogen-bond donors (Lipinski definition) is 2. The maximum Gasteiger partial charge on any atom is 0.244 e. The summed E-state index contributed by atoms with van der Waals surface area (Å²) >= 11 is 3.16. The summed E-state index contributed by atoms with van der Waals surface area (Å²) < 4.78 is 5.79. The quantitative estimate of drug-likeness (QED) is 0.832. The van der Waals surface area contributed by atoms with Crippen molar-refractivity contribution in [2.75, 3.05) is 6.54 Å². The predicted molar refractivity (Wildman–Crippen MR) is 64.7 cm³/mol. The van der Waals surface area contributed by atoms with E-state index in [9.17, 15) is 9.90 Å². The van der Waals surface area contributed by atoms with E-state index in [-0.39, 0.29) is 12.5 Å². The molecule has 1 amide bonds. The number of nitrogens with one attached hydrogen (secondary N) is 1. The van der Waals surface area contributed by atoms with Gasteiger partial charge in [-0.05, 0) is 48.0 Å². The summed E-state index contributed by atoms with van der Waals surface area (Å²) in [5, 5.41) is 12.0. The van der Waals surface area contributed by atoms with Crippen LogP contribution in [0.1, 0.15) is 19.6 Å². The molecule has 1 aromatic heterocycles. The maximum atomic E-state index is 11.3. The monoisotopic (exact) mass is 287 g/mol. The molecule has 5 heteroatoms. The van der Waals surface area contributed by atoms with Gasteiger partial charge in [0.2, 0.25) is 5.91 Å². The second kappa shape index (κ2) is 5.32. The zero-order valence-electron chi connectivity index (χ0n) is 9.16. The molecule has 0 radical (unpaired) electrons. The van der Waals surface area contributed by atoms with Crippen LogP contribution in [-0.4, -0.2) is 23.2 Å². The SMILES string of the molecule is CC(C)(O)CNC(=O)C=Cc1ccc(Br)o1. The molecule has 0 aliphatic carbocycles. The number of aliphatic hydroxyl groups is 1. The van der Waals surface area contributed by atoms with Gasteiger partial charge in [0.1, 0.15) is 5.76 Å². The van der Waals surface area contributed by atoms with Crippen molar-refractivity contribution in [3.05, 3.63) is 28.6 Å². The van der Waals surface area contributed by atoms with E-state index < -0.39 is 5.60 Å². The van der Waals surface area contributed by atoms with Crippen LogP contribution < -0.4 is 5.32 Å². The fraction of sp³-hybridized carbons (Fsp3) is 0.364. The first-order valence-electron chi connectivity index (χ1n) is 4.80. The van der Waals surface area contributed by atoms with Gasteiger partial charge in [-0.15, -0.1) is 0 Å². The molecule has 0 unspecified atom stereocenters. The van der Waals surface area contributed by atoms with Crippen LogP contribution in [0.5, 0.6) is 0 Å². The number of carbonyl (C=O) groups excluding carboxylic acids is 1. The Morgan fingerprint density at radius 3 is 2.81 bits per heavy atom. The first kappa shape index (κ1) is 13.0. The van der Waals surface area contributed by atoms with Gasteiger partial charge in [-0.3, -0.25) is 4.79 Å². The standard InChI is InChI=1S/C11H14BrNO3/c1-11(2,15)7-13-10(14)6-4-8-3-5-9(12)16-8/h3-6,15H,7H2,1-2H3,(H,13,14). The van der Waals surface area contributed by atoms with Crippen LogP contribution in [0.4, 0.5) is 0 Å². The summed E-state index contributed by atoms with van der Waals surface area (Å²) in [7, 11) is 0. The van der Waals surface area contributed by atoms with Gasteiger partial charge in [0.25, 0.3) is 0 Å². The molecule has 0 bridgehead atoms. The Hall–Kier alpha value is -1.07. The fourth-order valence-electron chi connectivity index (χ4n) is 0.938. The van der Waals surface area contributed by atoms with Crippen molar-refractivity contribution in [2.24, 2.45) is 0 Å². The fourth-order valence-corrected chi connectivity index (χ4v) is 1.26. The molecular formula is C11H14BrNO3. The van der Waals surface area contributed by atoms with Gasteiger partial charge in [-0.1, -0.05) is 0 Å². The normalized spacial score (nSPS) is 12.0. The first-order valence-corrected chi connectivity index (χ1v) is 5.60. The summed E-state index contributed by atoms with van der Waals surface area (Å²) in [4.78, 5) is 11.3. The molecule has 1 rings (SSSR count). The highest BCUT2D eigenvalue weighted by atomic mass is 79.9. The minimum Gasteiger partial charge on any atom is -0.450 e. The lowest BCUT2D eigenvalue weighted by molar-refractivity contribution is -0.117. The predicted octanol–water partition coefficient (Wildman–Crippen LogP) is 1.94. The van der Waals surface area contributed by atoms with Gasteiger partial charge in [0.05, 0.1) is 5.60 Å². The van der Waals surface area contributed by atoms with Crippen molar-refractivity contribution < 1.29 is 14.3 Å². The Kier molecular flexibility index (Phi) is 4.32. The van der Waals surface area contributed by atoms with Crippen LogP contribution >= 0.6 is 15.9 Å². The summed E-state index contributed by atoms with van der Waals surface area (Å²) in [6, 6.07) is 3.48. The summed E-state index contributed by atoms with van der Waals surface area (Å²) in [5.41, 5.74) is -0.906. The van der Waals surface area contributed by atoms with E-state index in [4.69, 9.17) is 4.42 Å². The average molecular weight is 288 g/mol. The van der Waals surface area contributed by atoms with Gasteiger partial charge in [-0.2, -0.15) is 0 Å². The lowest BCUT2D eigenvalue weighted by atomic mass is 10.1. The largest absolute Gasteiger partial charge is 0.450 e.